The van der Waals surface area contributed by atoms with E-state index in [9.17, 15) is 4.39 Å². The van der Waals surface area contributed by atoms with Crippen LogP contribution >= 0.6 is 27.3 Å². The van der Waals surface area contributed by atoms with Crippen LogP contribution in [0.2, 0.25) is 0 Å². The van der Waals surface area contributed by atoms with Gasteiger partial charge in [0.15, 0.2) is 0 Å². The van der Waals surface area contributed by atoms with Gasteiger partial charge in [0.2, 0.25) is 0 Å². The van der Waals surface area contributed by atoms with Gasteiger partial charge in [-0.1, -0.05) is 6.07 Å². The van der Waals surface area contributed by atoms with Crippen LogP contribution in [-0.2, 0) is 6.54 Å². The molecule has 0 bridgehead atoms. The molecule has 0 atom stereocenters. The first-order chi connectivity index (χ1) is 9.15. The summed E-state index contributed by atoms with van der Waals surface area (Å²) < 4.78 is 19.9. The molecule has 102 valence electrons. The van der Waals surface area contributed by atoms with Crippen LogP contribution in [0, 0.1) is 12.7 Å². The van der Waals surface area contributed by atoms with E-state index in [4.69, 9.17) is 4.74 Å². The van der Waals surface area contributed by atoms with E-state index in [1.165, 1.54) is 10.9 Å². The molecular weight excluding hydrogens is 329 g/mol. The van der Waals surface area contributed by atoms with E-state index in [1.807, 2.05) is 0 Å². The molecule has 19 heavy (non-hydrogen) atoms. The van der Waals surface area contributed by atoms with Gasteiger partial charge in [-0.15, -0.1) is 11.3 Å². The lowest BCUT2D eigenvalue weighted by Gasteiger charge is -2.07. The van der Waals surface area contributed by atoms with E-state index in [0.717, 1.165) is 17.6 Å². The predicted molar refractivity (Wildman–Crippen MR) is 80.4 cm³/mol. The molecule has 0 radical (unpaired) electrons. The maximum absolute atomic E-state index is 13.3. The predicted octanol–water partition coefficient (Wildman–Crippen LogP) is 4.13. The third kappa shape index (κ3) is 4.60. The Labute approximate surface area is 124 Å². The van der Waals surface area contributed by atoms with Crippen LogP contribution in [0.5, 0.6) is 5.75 Å². The average molecular weight is 344 g/mol. The molecular formula is C14H15BrFNOS. The zero-order chi connectivity index (χ0) is 13.7. The number of nitrogens with one attached hydrogen (secondary N) is 1. The molecule has 0 aliphatic carbocycles. The van der Waals surface area contributed by atoms with Crippen LogP contribution in [0.4, 0.5) is 4.39 Å². The lowest BCUT2D eigenvalue weighted by atomic mass is 10.2. The SMILES string of the molecule is Cc1ccc(OCCNCc2cc(Br)cs2)cc1F. The summed E-state index contributed by atoms with van der Waals surface area (Å²) in [7, 11) is 0. The second-order valence-corrected chi connectivity index (χ2v) is 6.08. The van der Waals surface area contributed by atoms with Crippen molar-refractivity contribution in [1.82, 2.24) is 5.32 Å². The number of hydrogen-bond acceptors (Lipinski definition) is 3. The third-order valence-electron chi connectivity index (χ3n) is 2.61. The summed E-state index contributed by atoms with van der Waals surface area (Å²) in [6, 6.07) is 7.02. The number of benzene rings is 1. The van der Waals surface area contributed by atoms with Gasteiger partial charge in [0.1, 0.15) is 18.2 Å². The molecule has 0 saturated carbocycles. The van der Waals surface area contributed by atoms with Crippen molar-refractivity contribution in [2.45, 2.75) is 13.5 Å². The molecule has 2 nitrogen and oxygen atoms in total. The molecule has 1 heterocycles. The summed E-state index contributed by atoms with van der Waals surface area (Å²) in [5.41, 5.74) is 0.633. The Kier molecular flexibility index (Phi) is 5.36. The van der Waals surface area contributed by atoms with Gasteiger partial charge in [0.05, 0.1) is 0 Å². The molecule has 2 rings (SSSR count). The van der Waals surface area contributed by atoms with Crippen molar-refractivity contribution in [1.29, 1.82) is 0 Å². The van der Waals surface area contributed by atoms with Gasteiger partial charge in [-0.05, 0) is 40.5 Å². The Hall–Kier alpha value is -0.910. The van der Waals surface area contributed by atoms with Crippen molar-refractivity contribution in [3.05, 3.63) is 50.4 Å². The van der Waals surface area contributed by atoms with Crippen molar-refractivity contribution in [3.63, 3.8) is 0 Å². The van der Waals surface area contributed by atoms with Gasteiger partial charge in [0, 0.05) is 33.9 Å². The van der Waals surface area contributed by atoms with Crippen LogP contribution in [0.25, 0.3) is 0 Å². The number of thiophene rings is 1. The molecule has 0 fully saturated rings. The topological polar surface area (TPSA) is 21.3 Å². The fourth-order valence-corrected chi connectivity index (χ4v) is 2.98. The summed E-state index contributed by atoms with van der Waals surface area (Å²) in [5.74, 6) is 0.345. The van der Waals surface area contributed by atoms with Crippen molar-refractivity contribution in [2.24, 2.45) is 0 Å². The molecule has 0 amide bonds. The molecule has 0 unspecified atom stereocenters. The Morgan fingerprint density at radius 1 is 1.37 bits per heavy atom. The molecule has 1 aromatic heterocycles. The molecule has 0 saturated heterocycles. The quantitative estimate of drug-likeness (QED) is 0.796. The Balaban J connectivity index is 1.67. The molecule has 0 aliphatic heterocycles. The van der Waals surface area contributed by atoms with Crippen LogP contribution in [0.3, 0.4) is 0 Å². The van der Waals surface area contributed by atoms with Crippen LogP contribution in [0.15, 0.2) is 34.1 Å². The van der Waals surface area contributed by atoms with Gasteiger partial charge in [-0.3, -0.25) is 0 Å². The van der Waals surface area contributed by atoms with Gasteiger partial charge < -0.3 is 10.1 Å². The summed E-state index contributed by atoms with van der Waals surface area (Å²) >= 11 is 5.13. The van der Waals surface area contributed by atoms with Gasteiger partial charge in [-0.2, -0.15) is 0 Å². The highest BCUT2D eigenvalue weighted by atomic mass is 79.9. The standard InChI is InChI=1S/C14H15BrFNOS/c1-10-2-3-12(7-14(10)16)18-5-4-17-8-13-6-11(15)9-19-13/h2-3,6-7,9,17H,4-5,8H2,1H3. The fraction of sp³-hybridized carbons (Fsp3) is 0.286. The van der Waals surface area contributed by atoms with E-state index in [0.29, 0.717) is 17.9 Å². The van der Waals surface area contributed by atoms with Gasteiger partial charge in [-0.25, -0.2) is 4.39 Å². The number of rotatable bonds is 6. The number of halogens is 2. The molecule has 2 aromatic rings. The summed E-state index contributed by atoms with van der Waals surface area (Å²) in [5, 5.41) is 5.34. The normalized spacial score (nSPS) is 10.7. The maximum Gasteiger partial charge on any atom is 0.129 e. The van der Waals surface area contributed by atoms with E-state index >= 15 is 0 Å². The third-order valence-corrected chi connectivity index (χ3v) is 4.31. The Bertz CT molecular complexity index is 544. The van der Waals surface area contributed by atoms with E-state index in [-0.39, 0.29) is 5.82 Å². The molecule has 1 aromatic carbocycles. The Morgan fingerprint density at radius 2 is 2.21 bits per heavy atom. The maximum atomic E-state index is 13.3. The summed E-state index contributed by atoms with van der Waals surface area (Å²) in [6.07, 6.45) is 0. The first kappa shape index (κ1) is 14.5. The zero-order valence-electron chi connectivity index (χ0n) is 10.6. The number of ether oxygens (including phenoxy) is 1. The van der Waals surface area contributed by atoms with Crippen molar-refractivity contribution in [2.75, 3.05) is 13.2 Å². The molecule has 0 aliphatic rings. The highest BCUT2D eigenvalue weighted by Crippen LogP contribution is 2.19. The van der Waals surface area contributed by atoms with Crippen molar-refractivity contribution < 1.29 is 9.13 Å². The monoisotopic (exact) mass is 343 g/mol. The van der Waals surface area contributed by atoms with Crippen LogP contribution < -0.4 is 10.1 Å². The summed E-state index contributed by atoms with van der Waals surface area (Å²) in [4.78, 5) is 1.27. The second-order valence-electron chi connectivity index (χ2n) is 4.17. The molecule has 1 N–H and O–H groups in total. The molecule has 0 spiro atoms. The number of aryl methyl sites for hydroxylation is 1. The average Bonchev–Trinajstić information content (AvgIpc) is 2.79. The minimum atomic E-state index is -0.228. The smallest absolute Gasteiger partial charge is 0.129 e. The van der Waals surface area contributed by atoms with Crippen molar-refractivity contribution in [3.8, 4) is 5.75 Å². The fourth-order valence-electron chi connectivity index (χ4n) is 1.56. The summed E-state index contributed by atoms with van der Waals surface area (Å²) in [6.45, 7) is 3.81. The highest BCUT2D eigenvalue weighted by Gasteiger charge is 2.00. The first-order valence-electron chi connectivity index (χ1n) is 5.98. The lowest BCUT2D eigenvalue weighted by Crippen LogP contribution is -2.20. The lowest BCUT2D eigenvalue weighted by molar-refractivity contribution is 0.312. The van der Waals surface area contributed by atoms with E-state index in [1.54, 1.807) is 30.4 Å². The number of hydrogen-bond donors (Lipinski definition) is 1. The highest BCUT2D eigenvalue weighted by molar-refractivity contribution is 9.10. The van der Waals surface area contributed by atoms with E-state index in [2.05, 4.69) is 32.7 Å². The second kappa shape index (κ2) is 7.03. The van der Waals surface area contributed by atoms with Gasteiger partial charge in [0.25, 0.3) is 0 Å². The Morgan fingerprint density at radius 3 is 2.89 bits per heavy atom. The minimum absolute atomic E-state index is 0.228. The van der Waals surface area contributed by atoms with Crippen LogP contribution in [-0.4, -0.2) is 13.2 Å². The van der Waals surface area contributed by atoms with Crippen LogP contribution in [0.1, 0.15) is 10.4 Å². The van der Waals surface area contributed by atoms with E-state index < -0.39 is 0 Å². The van der Waals surface area contributed by atoms with Gasteiger partial charge >= 0.3 is 0 Å². The largest absolute Gasteiger partial charge is 0.492 e. The zero-order valence-corrected chi connectivity index (χ0v) is 13.0. The van der Waals surface area contributed by atoms with Crippen molar-refractivity contribution >= 4 is 27.3 Å². The minimum Gasteiger partial charge on any atom is -0.492 e. The first-order valence-corrected chi connectivity index (χ1v) is 7.65. The molecule has 5 heteroatoms.